The van der Waals surface area contributed by atoms with Crippen molar-refractivity contribution in [3.05, 3.63) is 34.1 Å². The van der Waals surface area contributed by atoms with Gasteiger partial charge in [-0.2, -0.15) is 0 Å². The molecular weight excluding hydrogens is 359 g/mol. The summed E-state index contributed by atoms with van der Waals surface area (Å²) in [6.07, 6.45) is 8.93. The average Bonchev–Trinajstić information content (AvgIpc) is 2.82. The Balaban J connectivity index is 1.57. The molecule has 1 aliphatic heterocycles. The summed E-state index contributed by atoms with van der Waals surface area (Å²) in [5, 5.41) is 3.07. The minimum absolute atomic E-state index is 0.168. The summed E-state index contributed by atoms with van der Waals surface area (Å²) in [4.78, 5) is 14.9. The standard InChI is InChI=1S/C18H24BrFN2O/c19-17-8-7-13(20)11-16(17)18(23)21-14-9-10-22(12-14)15-5-3-1-2-4-6-15/h7-8,11,14-15H,1-6,9-10,12H2,(H,21,23). The highest BCUT2D eigenvalue weighted by atomic mass is 79.9. The molecule has 1 saturated heterocycles. The highest BCUT2D eigenvalue weighted by Gasteiger charge is 2.29. The van der Waals surface area contributed by atoms with Crippen LogP contribution in [0.15, 0.2) is 22.7 Å². The maximum atomic E-state index is 13.4. The number of amides is 1. The van der Waals surface area contributed by atoms with Crippen LogP contribution in [0, 0.1) is 5.82 Å². The van der Waals surface area contributed by atoms with Gasteiger partial charge in [-0.15, -0.1) is 0 Å². The van der Waals surface area contributed by atoms with Crippen LogP contribution in [0.5, 0.6) is 0 Å². The number of carbonyl (C=O) groups is 1. The fraction of sp³-hybridized carbons (Fsp3) is 0.611. The summed E-state index contributed by atoms with van der Waals surface area (Å²) < 4.78 is 14.0. The third-order valence-electron chi connectivity index (χ3n) is 5.07. The SMILES string of the molecule is O=C(NC1CCN(C2CCCCCC2)C1)c1cc(F)ccc1Br. The van der Waals surface area contributed by atoms with Gasteiger partial charge in [0.05, 0.1) is 5.56 Å². The van der Waals surface area contributed by atoms with Gasteiger partial charge in [-0.05, 0) is 53.4 Å². The number of rotatable bonds is 3. The van der Waals surface area contributed by atoms with Crippen LogP contribution in [0.3, 0.4) is 0 Å². The van der Waals surface area contributed by atoms with Crippen LogP contribution in [0.2, 0.25) is 0 Å². The molecule has 1 heterocycles. The van der Waals surface area contributed by atoms with Crippen molar-refractivity contribution in [2.24, 2.45) is 0 Å². The highest BCUT2D eigenvalue weighted by molar-refractivity contribution is 9.10. The molecule has 1 unspecified atom stereocenters. The Kier molecular flexibility index (Phi) is 5.70. The van der Waals surface area contributed by atoms with Crippen molar-refractivity contribution in [1.82, 2.24) is 10.2 Å². The lowest BCUT2D eigenvalue weighted by molar-refractivity contribution is 0.0934. The van der Waals surface area contributed by atoms with Crippen LogP contribution in [-0.4, -0.2) is 36.0 Å². The van der Waals surface area contributed by atoms with E-state index in [1.165, 1.54) is 50.7 Å². The number of nitrogens with one attached hydrogen (secondary N) is 1. The number of benzene rings is 1. The van der Waals surface area contributed by atoms with Gasteiger partial charge in [-0.3, -0.25) is 9.69 Å². The first-order chi connectivity index (χ1) is 11.1. The normalized spacial score (nSPS) is 23.7. The zero-order chi connectivity index (χ0) is 16.2. The molecule has 1 atom stereocenters. The third-order valence-corrected chi connectivity index (χ3v) is 5.76. The molecule has 2 fully saturated rings. The summed E-state index contributed by atoms with van der Waals surface area (Å²) in [6, 6.07) is 5.07. The lowest BCUT2D eigenvalue weighted by Gasteiger charge is -2.26. The van der Waals surface area contributed by atoms with Crippen molar-refractivity contribution in [2.75, 3.05) is 13.1 Å². The van der Waals surface area contributed by atoms with E-state index >= 15 is 0 Å². The molecular formula is C18H24BrFN2O. The Bertz CT molecular complexity index is 558. The van der Waals surface area contributed by atoms with E-state index in [1.54, 1.807) is 6.07 Å². The maximum Gasteiger partial charge on any atom is 0.252 e. The van der Waals surface area contributed by atoms with E-state index in [4.69, 9.17) is 0 Å². The zero-order valence-corrected chi connectivity index (χ0v) is 14.9. The molecule has 1 aliphatic carbocycles. The highest BCUT2D eigenvalue weighted by Crippen LogP contribution is 2.25. The lowest BCUT2D eigenvalue weighted by atomic mass is 10.1. The molecule has 0 spiro atoms. The Labute approximate surface area is 145 Å². The van der Waals surface area contributed by atoms with E-state index < -0.39 is 0 Å². The van der Waals surface area contributed by atoms with E-state index in [9.17, 15) is 9.18 Å². The monoisotopic (exact) mass is 382 g/mol. The number of hydrogen-bond acceptors (Lipinski definition) is 2. The van der Waals surface area contributed by atoms with Crippen LogP contribution in [0.25, 0.3) is 0 Å². The predicted molar refractivity (Wildman–Crippen MR) is 93.0 cm³/mol. The van der Waals surface area contributed by atoms with E-state index in [0.717, 1.165) is 19.5 Å². The van der Waals surface area contributed by atoms with Gasteiger partial charge >= 0.3 is 0 Å². The molecule has 1 saturated carbocycles. The molecule has 5 heteroatoms. The first-order valence-electron chi connectivity index (χ1n) is 8.63. The van der Waals surface area contributed by atoms with E-state index in [2.05, 4.69) is 26.1 Å². The molecule has 1 aromatic rings. The second-order valence-electron chi connectivity index (χ2n) is 6.72. The summed E-state index contributed by atoms with van der Waals surface area (Å²) in [5.41, 5.74) is 0.373. The Morgan fingerprint density at radius 3 is 2.65 bits per heavy atom. The third kappa shape index (κ3) is 4.32. The van der Waals surface area contributed by atoms with Gasteiger partial charge in [-0.1, -0.05) is 25.7 Å². The largest absolute Gasteiger partial charge is 0.348 e. The van der Waals surface area contributed by atoms with E-state index in [1.807, 2.05) is 0 Å². The second kappa shape index (κ2) is 7.75. The predicted octanol–water partition coefficient (Wildman–Crippen LogP) is 4.12. The van der Waals surface area contributed by atoms with Crippen molar-refractivity contribution in [3.63, 3.8) is 0 Å². The summed E-state index contributed by atoms with van der Waals surface area (Å²) in [7, 11) is 0. The van der Waals surface area contributed by atoms with Gasteiger partial charge in [0, 0.05) is 29.6 Å². The fourth-order valence-electron chi connectivity index (χ4n) is 3.79. The Morgan fingerprint density at radius 2 is 1.91 bits per heavy atom. The van der Waals surface area contributed by atoms with Gasteiger partial charge in [0.25, 0.3) is 5.91 Å². The van der Waals surface area contributed by atoms with Crippen molar-refractivity contribution in [1.29, 1.82) is 0 Å². The molecule has 0 aromatic heterocycles. The molecule has 2 aliphatic rings. The van der Waals surface area contributed by atoms with Crippen molar-refractivity contribution in [2.45, 2.75) is 57.0 Å². The number of likely N-dealkylation sites (tertiary alicyclic amines) is 1. The molecule has 0 radical (unpaired) electrons. The topological polar surface area (TPSA) is 32.3 Å². The average molecular weight is 383 g/mol. The summed E-state index contributed by atoms with van der Waals surface area (Å²) in [6.45, 7) is 1.98. The number of hydrogen-bond donors (Lipinski definition) is 1. The van der Waals surface area contributed by atoms with Crippen LogP contribution in [0.1, 0.15) is 55.3 Å². The van der Waals surface area contributed by atoms with E-state index in [0.29, 0.717) is 16.1 Å². The molecule has 1 amide bonds. The molecule has 23 heavy (non-hydrogen) atoms. The molecule has 0 bridgehead atoms. The van der Waals surface area contributed by atoms with Crippen LogP contribution >= 0.6 is 15.9 Å². The summed E-state index contributed by atoms with van der Waals surface area (Å²) in [5.74, 6) is -0.575. The number of halogens is 2. The minimum Gasteiger partial charge on any atom is -0.348 e. The second-order valence-corrected chi connectivity index (χ2v) is 7.58. The molecule has 1 N–H and O–H groups in total. The number of carbonyl (C=O) groups excluding carboxylic acids is 1. The van der Waals surface area contributed by atoms with Gasteiger partial charge in [-0.25, -0.2) is 4.39 Å². The zero-order valence-electron chi connectivity index (χ0n) is 13.4. The van der Waals surface area contributed by atoms with Crippen molar-refractivity contribution < 1.29 is 9.18 Å². The summed E-state index contributed by atoms with van der Waals surface area (Å²) >= 11 is 3.33. The van der Waals surface area contributed by atoms with Crippen LogP contribution < -0.4 is 5.32 Å². The first kappa shape index (κ1) is 16.9. The molecule has 126 valence electrons. The fourth-order valence-corrected chi connectivity index (χ4v) is 4.22. The molecule has 3 nitrogen and oxygen atoms in total. The Hall–Kier alpha value is -0.940. The lowest BCUT2D eigenvalue weighted by Crippen LogP contribution is -2.39. The first-order valence-corrected chi connectivity index (χ1v) is 9.43. The molecule has 1 aromatic carbocycles. The quantitative estimate of drug-likeness (QED) is 0.797. The van der Waals surface area contributed by atoms with E-state index in [-0.39, 0.29) is 17.8 Å². The van der Waals surface area contributed by atoms with Gasteiger partial charge in [0.15, 0.2) is 0 Å². The van der Waals surface area contributed by atoms with Crippen LogP contribution in [0.4, 0.5) is 4.39 Å². The van der Waals surface area contributed by atoms with Crippen molar-refractivity contribution in [3.8, 4) is 0 Å². The van der Waals surface area contributed by atoms with Gasteiger partial charge in [0.1, 0.15) is 5.82 Å². The maximum absolute atomic E-state index is 13.4. The minimum atomic E-state index is -0.384. The van der Waals surface area contributed by atoms with Gasteiger partial charge in [0.2, 0.25) is 0 Å². The number of nitrogens with zero attached hydrogens (tertiary/aromatic N) is 1. The smallest absolute Gasteiger partial charge is 0.252 e. The van der Waals surface area contributed by atoms with Crippen molar-refractivity contribution >= 4 is 21.8 Å². The van der Waals surface area contributed by atoms with Gasteiger partial charge < -0.3 is 5.32 Å². The molecule has 3 rings (SSSR count). The van der Waals surface area contributed by atoms with Crippen LogP contribution in [-0.2, 0) is 0 Å². The Morgan fingerprint density at radius 1 is 1.17 bits per heavy atom.